The maximum Gasteiger partial charge on any atom is 0.407 e. The third-order valence-corrected chi connectivity index (χ3v) is 2.86. The highest BCUT2D eigenvalue weighted by Crippen LogP contribution is 2.24. The highest BCUT2D eigenvalue weighted by molar-refractivity contribution is 6.21. The zero-order valence-corrected chi connectivity index (χ0v) is 8.97. The number of alkyl carbamates (subject to hydrolysis) is 1. The molecule has 0 radical (unpaired) electrons. The van der Waals surface area contributed by atoms with Crippen LogP contribution in [0.3, 0.4) is 0 Å². The van der Waals surface area contributed by atoms with Gasteiger partial charge in [0.15, 0.2) is 0 Å². The van der Waals surface area contributed by atoms with Gasteiger partial charge >= 0.3 is 6.09 Å². The fraction of sp³-hybridized carbons (Fsp3) is 0.889. The lowest BCUT2D eigenvalue weighted by Crippen LogP contribution is -2.54. The molecule has 0 aromatic heterocycles. The molecule has 76 valence electrons. The quantitative estimate of drug-likeness (QED) is 0.702. The molecular formula is C9H16ClNO2. The topological polar surface area (TPSA) is 38.3 Å². The van der Waals surface area contributed by atoms with E-state index >= 15 is 0 Å². The molecule has 1 rings (SSSR count). The Hall–Kier alpha value is -0.440. The fourth-order valence-corrected chi connectivity index (χ4v) is 2.06. The minimum Gasteiger partial charge on any atom is -0.446 e. The first-order chi connectivity index (χ1) is 6.06. The number of carbonyl (C=O) groups excluding carboxylic acids is 1. The predicted molar refractivity (Wildman–Crippen MR) is 52.0 cm³/mol. The summed E-state index contributed by atoms with van der Waals surface area (Å²) in [5, 5.41) is 2.68. The van der Waals surface area contributed by atoms with Crippen molar-refractivity contribution in [1.82, 2.24) is 5.32 Å². The zero-order valence-electron chi connectivity index (χ0n) is 8.21. The first kappa shape index (κ1) is 10.6. The number of nitrogens with one attached hydrogen (secondary N) is 1. The van der Waals surface area contributed by atoms with Gasteiger partial charge < -0.3 is 10.1 Å². The molecule has 0 saturated carbocycles. The third kappa shape index (κ3) is 2.27. The van der Waals surface area contributed by atoms with Crippen LogP contribution in [0, 0.1) is 5.92 Å². The standard InChI is InChI=1S/C9H16ClNO2/c1-4-7-5(2)8(6(3)10)11-9(12)13-7/h5-8H,4H2,1-3H3,(H,11,12)/t5-,6?,7-,8-/m0/s1. The Morgan fingerprint density at radius 2 is 2.31 bits per heavy atom. The van der Waals surface area contributed by atoms with Crippen LogP contribution in [0.2, 0.25) is 0 Å². The van der Waals surface area contributed by atoms with Crippen molar-refractivity contribution < 1.29 is 9.53 Å². The van der Waals surface area contributed by atoms with Gasteiger partial charge in [0.05, 0.1) is 11.4 Å². The third-order valence-electron chi connectivity index (χ3n) is 2.59. The maximum absolute atomic E-state index is 11.1. The van der Waals surface area contributed by atoms with Gasteiger partial charge in [0.1, 0.15) is 6.10 Å². The van der Waals surface area contributed by atoms with E-state index in [0.717, 1.165) is 6.42 Å². The van der Waals surface area contributed by atoms with Gasteiger partial charge in [-0.25, -0.2) is 4.79 Å². The second kappa shape index (κ2) is 4.18. The summed E-state index contributed by atoms with van der Waals surface area (Å²) in [6, 6.07) is 0.0212. The molecule has 1 fully saturated rings. The minimum absolute atomic E-state index is 0.0000463. The SMILES string of the molecule is CC[C@@H]1OC(=O)N[C@H](C(C)Cl)[C@H]1C. The van der Waals surface area contributed by atoms with Gasteiger partial charge in [-0.3, -0.25) is 0 Å². The molecule has 0 bridgehead atoms. The smallest absolute Gasteiger partial charge is 0.407 e. The predicted octanol–water partition coefficient (Wildman–Crippen LogP) is 2.14. The van der Waals surface area contributed by atoms with E-state index < -0.39 is 0 Å². The zero-order chi connectivity index (χ0) is 10.0. The molecule has 1 aliphatic heterocycles. The monoisotopic (exact) mass is 205 g/mol. The van der Waals surface area contributed by atoms with Crippen molar-refractivity contribution in [2.24, 2.45) is 5.92 Å². The molecule has 0 aromatic rings. The number of hydrogen-bond donors (Lipinski definition) is 1. The average molecular weight is 206 g/mol. The fourth-order valence-electron chi connectivity index (χ4n) is 1.77. The van der Waals surface area contributed by atoms with Crippen molar-refractivity contribution in [1.29, 1.82) is 0 Å². The largest absolute Gasteiger partial charge is 0.446 e. The van der Waals surface area contributed by atoms with Gasteiger partial charge in [0.2, 0.25) is 0 Å². The minimum atomic E-state index is -0.345. The summed E-state index contributed by atoms with van der Waals surface area (Å²) in [6.45, 7) is 5.95. The molecule has 1 aliphatic rings. The van der Waals surface area contributed by atoms with Crippen molar-refractivity contribution in [3.05, 3.63) is 0 Å². The lowest BCUT2D eigenvalue weighted by atomic mass is 9.91. The molecule has 1 N–H and O–H groups in total. The van der Waals surface area contributed by atoms with E-state index in [2.05, 4.69) is 12.2 Å². The number of carbonyl (C=O) groups is 1. The van der Waals surface area contributed by atoms with Crippen molar-refractivity contribution in [2.75, 3.05) is 0 Å². The van der Waals surface area contributed by atoms with Crippen molar-refractivity contribution in [3.63, 3.8) is 0 Å². The summed E-state index contributed by atoms with van der Waals surface area (Å²) in [6.07, 6.45) is 0.497. The Bertz CT molecular complexity index is 196. The molecule has 1 saturated heterocycles. The van der Waals surface area contributed by atoms with Crippen molar-refractivity contribution in [2.45, 2.75) is 44.7 Å². The number of hydrogen-bond acceptors (Lipinski definition) is 2. The molecule has 1 heterocycles. The number of rotatable bonds is 2. The molecule has 13 heavy (non-hydrogen) atoms. The van der Waals surface area contributed by atoms with Crippen LogP contribution < -0.4 is 5.32 Å². The molecule has 3 nitrogen and oxygen atoms in total. The lowest BCUT2D eigenvalue weighted by molar-refractivity contribution is 0.0201. The number of cyclic esters (lactones) is 1. The van der Waals surface area contributed by atoms with E-state index in [1.54, 1.807) is 0 Å². The highest BCUT2D eigenvalue weighted by Gasteiger charge is 2.36. The summed E-state index contributed by atoms with van der Waals surface area (Å²) >= 11 is 5.97. The van der Waals surface area contributed by atoms with E-state index in [4.69, 9.17) is 16.3 Å². The maximum atomic E-state index is 11.1. The number of halogens is 1. The molecule has 4 heteroatoms. The molecule has 1 amide bonds. The van der Waals surface area contributed by atoms with Crippen LogP contribution in [0.1, 0.15) is 27.2 Å². The molecule has 4 atom stereocenters. The Kier molecular flexibility index (Phi) is 3.42. The van der Waals surface area contributed by atoms with Crippen LogP contribution >= 0.6 is 11.6 Å². The average Bonchev–Trinajstić information content (AvgIpc) is 2.08. The van der Waals surface area contributed by atoms with Gasteiger partial charge in [-0.05, 0) is 13.3 Å². The molecule has 0 aliphatic carbocycles. The van der Waals surface area contributed by atoms with E-state index in [-0.39, 0.29) is 29.5 Å². The second-order valence-corrected chi connectivity index (χ2v) is 4.25. The van der Waals surface area contributed by atoms with Crippen LogP contribution in [-0.2, 0) is 4.74 Å². The summed E-state index contributed by atoms with van der Waals surface area (Å²) < 4.78 is 5.12. The van der Waals surface area contributed by atoms with Gasteiger partial charge in [0.25, 0.3) is 0 Å². The van der Waals surface area contributed by atoms with Crippen LogP contribution in [0.15, 0.2) is 0 Å². The van der Waals surface area contributed by atoms with E-state index in [1.807, 2.05) is 13.8 Å². The summed E-state index contributed by atoms with van der Waals surface area (Å²) in [4.78, 5) is 11.1. The van der Waals surface area contributed by atoms with E-state index in [9.17, 15) is 4.79 Å². The normalized spacial score (nSPS) is 36.3. The first-order valence-electron chi connectivity index (χ1n) is 4.67. The van der Waals surface area contributed by atoms with Gasteiger partial charge in [-0.15, -0.1) is 11.6 Å². The summed E-state index contributed by atoms with van der Waals surface area (Å²) in [7, 11) is 0. The van der Waals surface area contributed by atoms with Crippen LogP contribution in [0.25, 0.3) is 0 Å². The molecule has 0 spiro atoms. The Balaban J connectivity index is 2.68. The van der Waals surface area contributed by atoms with Gasteiger partial charge in [0, 0.05) is 5.92 Å². The van der Waals surface area contributed by atoms with Crippen LogP contribution in [0.5, 0.6) is 0 Å². The highest BCUT2D eigenvalue weighted by atomic mass is 35.5. The Morgan fingerprint density at radius 3 is 2.77 bits per heavy atom. The van der Waals surface area contributed by atoms with Gasteiger partial charge in [-0.2, -0.15) is 0 Å². The number of alkyl halides is 1. The number of ether oxygens (including phenoxy) is 1. The van der Waals surface area contributed by atoms with Gasteiger partial charge in [-0.1, -0.05) is 13.8 Å². The Labute approximate surface area is 83.8 Å². The Morgan fingerprint density at radius 1 is 1.69 bits per heavy atom. The van der Waals surface area contributed by atoms with Crippen molar-refractivity contribution >= 4 is 17.7 Å². The summed E-state index contributed by atoms with van der Waals surface area (Å²) in [5.74, 6) is 0.273. The molecular weight excluding hydrogens is 190 g/mol. The molecule has 1 unspecified atom stereocenters. The van der Waals surface area contributed by atoms with Crippen LogP contribution in [0.4, 0.5) is 4.79 Å². The summed E-state index contributed by atoms with van der Waals surface area (Å²) in [5.41, 5.74) is 0. The molecule has 0 aromatic carbocycles. The van der Waals surface area contributed by atoms with Crippen molar-refractivity contribution in [3.8, 4) is 0 Å². The lowest BCUT2D eigenvalue weighted by Gasteiger charge is -2.37. The first-order valence-corrected chi connectivity index (χ1v) is 5.11. The van der Waals surface area contributed by atoms with E-state index in [1.165, 1.54) is 0 Å². The second-order valence-electron chi connectivity index (χ2n) is 3.56. The van der Waals surface area contributed by atoms with Crippen LogP contribution in [-0.4, -0.2) is 23.6 Å². The number of amides is 1. The van der Waals surface area contributed by atoms with E-state index in [0.29, 0.717) is 0 Å².